The number of carbonyl (C=O) groups excluding carboxylic acids is 3. The lowest BCUT2D eigenvalue weighted by Crippen LogP contribution is -2.73. The second kappa shape index (κ2) is 9.06. The number of nitrogens with one attached hydrogen (secondary N) is 2. The van der Waals surface area contributed by atoms with Gasteiger partial charge >= 0.3 is 6.03 Å². The summed E-state index contributed by atoms with van der Waals surface area (Å²) in [6.45, 7) is 9.57. The number of urea groups is 1. The van der Waals surface area contributed by atoms with Gasteiger partial charge in [-0.1, -0.05) is 38.5 Å². The topological polar surface area (TPSA) is 81.8 Å². The third kappa shape index (κ3) is 4.45. The Labute approximate surface area is 179 Å². The van der Waals surface area contributed by atoms with Gasteiger partial charge in [-0.25, -0.2) is 4.79 Å². The van der Waals surface area contributed by atoms with Crippen LogP contribution in [0.1, 0.15) is 52.0 Å². The van der Waals surface area contributed by atoms with Gasteiger partial charge < -0.3 is 20.4 Å². The Morgan fingerprint density at radius 2 is 1.83 bits per heavy atom. The van der Waals surface area contributed by atoms with Crippen LogP contribution in [0.15, 0.2) is 24.3 Å². The first-order valence-electron chi connectivity index (χ1n) is 11.0. The molecular formula is C23H34N4O3. The van der Waals surface area contributed by atoms with Crippen LogP contribution in [-0.4, -0.2) is 58.9 Å². The van der Waals surface area contributed by atoms with E-state index >= 15 is 0 Å². The minimum Gasteiger partial charge on any atom is -0.342 e. The Bertz CT molecular complexity index is 782. The number of carbonyl (C=O) groups is 3. The zero-order valence-corrected chi connectivity index (χ0v) is 18.5. The van der Waals surface area contributed by atoms with Crippen molar-refractivity contribution in [1.82, 2.24) is 15.1 Å². The largest absolute Gasteiger partial charge is 0.342 e. The Morgan fingerprint density at radius 3 is 2.40 bits per heavy atom. The van der Waals surface area contributed by atoms with Crippen molar-refractivity contribution in [2.45, 2.75) is 65.0 Å². The third-order valence-corrected chi connectivity index (χ3v) is 6.14. The molecule has 0 aliphatic carbocycles. The molecule has 0 saturated carbocycles. The molecule has 1 unspecified atom stereocenters. The second-order valence-corrected chi connectivity index (χ2v) is 8.96. The molecule has 2 aliphatic rings. The zero-order valence-electron chi connectivity index (χ0n) is 18.5. The van der Waals surface area contributed by atoms with E-state index in [1.807, 2.05) is 38.1 Å². The van der Waals surface area contributed by atoms with Crippen molar-refractivity contribution in [3.05, 3.63) is 29.8 Å². The van der Waals surface area contributed by atoms with E-state index in [-0.39, 0.29) is 17.8 Å². The minimum absolute atomic E-state index is 0.0164. The number of hydrogen-bond donors (Lipinski definition) is 2. The number of amides is 4. The minimum atomic E-state index is -0.846. The molecule has 2 aliphatic heterocycles. The molecule has 7 heteroatoms. The van der Waals surface area contributed by atoms with Crippen LogP contribution in [-0.2, 0) is 9.59 Å². The SMILES string of the molecule is CCCN1C(=O)C(CC(C)C)NC(=O)C12CCN(C(=O)Nc1ccc(C)cc1)CC2. The number of piperazine rings is 1. The quantitative estimate of drug-likeness (QED) is 0.777. The average Bonchev–Trinajstić information content (AvgIpc) is 2.71. The molecule has 1 aromatic carbocycles. The van der Waals surface area contributed by atoms with Crippen LogP contribution in [0.4, 0.5) is 10.5 Å². The van der Waals surface area contributed by atoms with E-state index in [9.17, 15) is 14.4 Å². The highest BCUT2D eigenvalue weighted by Crippen LogP contribution is 2.34. The molecule has 0 bridgehead atoms. The van der Waals surface area contributed by atoms with E-state index in [0.717, 1.165) is 17.7 Å². The Morgan fingerprint density at radius 1 is 1.20 bits per heavy atom. The van der Waals surface area contributed by atoms with Crippen molar-refractivity contribution in [2.24, 2.45) is 5.92 Å². The number of hydrogen-bond acceptors (Lipinski definition) is 3. The lowest BCUT2D eigenvalue weighted by atomic mass is 9.81. The molecule has 2 N–H and O–H groups in total. The summed E-state index contributed by atoms with van der Waals surface area (Å²) in [5.74, 6) is 0.270. The highest BCUT2D eigenvalue weighted by molar-refractivity contribution is 6.00. The van der Waals surface area contributed by atoms with Crippen molar-refractivity contribution < 1.29 is 14.4 Å². The van der Waals surface area contributed by atoms with Crippen molar-refractivity contribution in [1.29, 1.82) is 0 Å². The highest BCUT2D eigenvalue weighted by Gasteiger charge is 2.53. The molecule has 2 heterocycles. The number of piperidine rings is 1. The number of likely N-dealkylation sites (tertiary alicyclic amines) is 1. The molecular weight excluding hydrogens is 380 g/mol. The maximum atomic E-state index is 13.2. The number of aryl methyl sites for hydroxylation is 1. The molecule has 1 aromatic rings. The van der Waals surface area contributed by atoms with Crippen LogP contribution < -0.4 is 10.6 Å². The van der Waals surface area contributed by atoms with E-state index in [1.165, 1.54) is 0 Å². The van der Waals surface area contributed by atoms with E-state index < -0.39 is 11.6 Å². The fourth-order valence-electron chi connectivity index (χ4n) is 4.47. The van der Waals surface area contributed by atoms with Crippen LogP contribution in [0.5, 0.6) is 0 Å². The first kappa shape index (κ1) is 22.1. The molecule has 2 fully saturated rings. The van der Waals surface area contributed by atoms with E-state index in [0.29, 0.717) is 44.8 Å². The molecule has 30 heavy (non-hydrogen) atoms. The predicted molar refractivity (Wildman–Crippen MR) is 117 cm³/mol. The van der Waals surface area contributed by atoms with Crippen LogP contribution >= 0.6 is 0 Å². The summed E-state index contributed by atoms with van der Waals surface area (Å²) >= 11 is 0. The van der Waals surface area contributed by atoms with Gasteiger partial charge in [0.2, 0.25) is 11.8 Å². The van der Waals surface area contributed by atoms with Gasteiger partial charge in [0.1, 0.15) is 11.6 Å². The molecule has 1 atom stereocenters. The van der Waals surface area contributed by atoms with Gasteiger partial charge in [0.15, 0.2) is 0 Å². The van der Waals surface area contributed by atoms with Crippen LogP contribution in [0.3, 0.4) is 0 Å². The number of nitrogens with zero attached hydrogens (tertiary/aromatic N) is 2. The molecule has 1 spiro atoms. The molecule has 7 nitrogen and oxygen atoms in total. The summed E-state index contributed by atoms with van der Waals surface area (Å²) in [5, 5.41) is 5.91. The van der Waals surface area contributed by atoms with E-state index in [1.54, 1.807) is 9.80 Å². The lowest BCUT2D eigenvalue weighted by molar-refractivity contribution is -0.161. The van der Waals surface area contributed by atoms with E-state index in [4.69, 9.17) is 0 Å². The van der Waals surface area contributed by atoms with Crippen LogP contribution in [0, 0.1) is 12.8 Å². The fraction of sp³-hybridized carbons (Fsp3) is 0.609. The smallest absolute Gasteiger partial charge is 0.321 e. The molecule has 0 aromatic heterocycles. The predicted octanol–water partition coefficient (Wildman–Crippen LogP) is 3.14. The number of benzene rings is 1. The van der Waals surface area contributed by atoms with Gasteiger partial charge in [-0.3, -0.25) is 9.59 Å². The molecule has 2 saturated heterocycles. The van der Waals surface area contributed by atoms with Gasteiger partial charge in [-0.2, -0.15) is 0 Å². The Hall–Kier alpha value is -2.57. The molecule has 3 rings (SSSR count). The standard InChI is InChI=1S/C23H34N4O3/c1-5-12-27-20(28)19(15-16(2)3)25-21(29)23(27)10-13-26(14-11-23)22(30)24-18-8-6-17(4)7-9-18/h6-9,16,19H,5,10-15H2,1-4H3,(H,24,30)(H,25,29). The zero-order chi connectivity index (χ0) is 21.9. The summed E-state index contributed by atoms with van der Waals surface area (Å²) in [4.78, 5) is 42.6. The van der Waals surface area contributed by atoms with Gasteiger partial charge in [0.05, 0.1) is 0 Å². The molecule has 0 radical (unpaired) electrons. The van der Waals surface area contributed by atoms with Gasteiger partial charge in [0, 0.05) is 25.3 Å². The summed E-state index contributed by atoms with van der Waals surface area (Å²) in [6.07, 6.45) is 2.36. The number of rotatable bonds is 5. The van der Waals surface area contributed by atoms with Crippen molar-refractivity contribution >= 4 is 23.5 Å². The van der Waals surface area contributed by atoms with Crippen molar-refractivity contribution in [2.75, 3.05) is 25.0 Å². The first-order chi connectivity index (χ1) is 14.3. The fourth-order valence-corrected chi connectivity index (χ4v) is 4.47. The lowest BCUT2D eigenvalue weighted by Gasteiger charge is -2.51. The maximum Gasteiger partial charge on any atom is 0.321 e. The average molecular weight is 415 g/mol. The van der Waals surface area contributed by atoms with Crippen LogP contribution in [0.2, 0.25) is 0 Å². The summed E-state index contributed by atoms with van der Waals surface area (Å²) in [5.41, 5.74) is 1.04. The summed E-state index contributed by atoms with van der Waals surface area (Å²) < 4.78 is 0. The van der Waals surface area contributed by atoms with E-state index in [2.05, 4.69) is 24.5 Å². The van der Waals surface area contributed by atoms with Gasteiger partial charge in [-0.15, -0.1) is 0 Å². The monoisotopic (exact) mass is 414 g/mol. The normalized spacial score (nSPS) is 21.2. The third-order valence-electron chi connectivity index (χ3n) is 6.14. The van der Waals surface area contributed by atoms with Crippen molar-refractivity contribution in [3.63, 3.8) is 0 Å². The summed E-state index contributed by atoms with van der Waals surface area (Å²) in [6, 6.07) is 7.05. The van der Waals surface area contributed by atoms with Crippen molar-refractivity contribution in [3.8, 4) is 0 Å². The van der Waals surface area contributed by atoms with Crippen LogP contribution in [0.25, 0.3) is 0 Å². The summed E-state index contributed by atoms with van der Waals surface area (Å²) in [7, 11) is 0. The van der Waals surface area contributed by atoms with Gasteiger partial charge in [0.25, 0.3) is 0 Å². The molecule has 164 valence electrons. The molecule has 4 amide bonds. The maximum absolute atomic E-state index is 13.2. The first-order valence-corrected chi connectivity index (χ1v) is 11.0. The highest BCUT2D eigenvalue weighted by atomic mass is 16.2. The Balaban J connectivity index is 1.69. The Kier molecular flexibility index (Phi) is 6.68. The second-order valence-electron chi connectivity index (χ2n) is 8.96. The number of anilines is 1. The van der Waals surface area contributed by atoms with Gasteiger partial charge in [-0.05, 0) is 50.7 Å².